The molecule has 75 valence electrons. The molecule has 15 heavy (non-hydrogen) atoms. The van der Waals surface area contributed by atoms with E-state index < -0.39 is 8.80 Å². The highest BCUT2D eigenvalue weighted by Crippen LogP contribution is 2.10. The van der Waals surface area contributed by atoms with Gasteiger partial charge in [-0.25, -0.2) is 0 Å². The molecule has 0 atom stereocenters. The minimum Gasteiger partial charge on any atom is -0.255 e. The molecular weight excluding hydrogens is 200 g/mol. The molecule has 2 heterocycles. The molecule has 0 saturated carbocycles. The third kappa shape index (κ3) is 2.30. The maximum Gasteiger partial charge on any atom is 0.0886 e. The SMILES string of the molecule is C[Si](C)c1ccc(-c2ccccn2)nc1. The van der Waals surface area contributed by atoms with Crippen molar-refractivity contribution in [1.82, 2.24) is 9.97 Å². The molecule has 0 aliphatic carbocycles. The summed E-state index contributed by atoms with van der Waals surface area (Å²) in [5.41, 5.74) is 1.88. The van der Waals surface area contributed by atoms with E-state index in [1.54, 1.807) is 6.20 Å². The highest BCUT2D eigenvalue weighted by atomic mass is 28.3. The van der Waals surface area contributed by atoms with Crippen LogP contribution in [0.4, 0.5) is 0 Å². The Kier molecular flexibility index (Phi) is 2.92. The molecule has 0 aliphatic rings. The normalized spacial score (nSPS) is 10.6. The Morgan fingerprint density at radius 3 is 2.27 bits per heavy atom. The first-order chi connectivity index (χ1) is 7.27. The minimum atomic E-state index is -0.393. The Morgan fingerprint density at radius 1 is 0.933 bits per heavy atom. The molecule has 0 saturated heterocycles. The molecule has 0 N–H and O–H groups in total. The second-order valence-corrected chi connectivity index (χ2v) is 6.22. The van der Waals surface area contributed by atoms with Crippen molar-refractivity contribution >= 4 is 14.0 Å². The Balaban J connectivity index is 2.32. The maximum atomic E-state index is 4.43. The summed E-state index contributed by atoms with van der Waals surface area (Å²) in [7, 11) is -0.393. The van der Waals surface area contributed by atoms with E-state index in [4.69, 9.17) is 0 Å². The maximum absolute atomic E-state index is 4.43. The van der Waals surface area contributed by atoms with Crippen molar-refractivity contribution in [2.45, 2.75) is 13.1 Å². The molecular formula is C12H13N2Si. The van der Waals surface area contributed by atoms with E-state index in [1.165, 1.54) is 5.19 Å². The average molecular weight is 213 g/mol. The van der Waals surface area contributed by atoms with Gasteiger partial charge in [0.15, 0.2) is 0 Å². The second-order valence-electron chi connectivity index (χ2n) is 3.65. The van der Waals surface area contributed by atoms with Crippen LogP contribution in [0.2, 0.25) is 13.1 Å². The molecule has 0 bridgehead atoms. The zero-order valence-corrected chi connectivity index (χ0v) is 9.94. The van der Waals surface area contributed by atoms with Gasteiger partial charge in [-0.2, -0.15) is 0 Å². The van der Waals surface area contributed by atoms with Gasteiger partial charge in [-0.1, -0.05) is 25.2 Å². The molecule has 2 rings (SSSR count). The molecule has 0 amide bonds. The number of aromatic nitrogens is 2. The van der Waals surface area contributed by atoms with Gasteiger partial charge >= 0.3 is 0 Å². The standard InChI is InChI=1S/C12H13N2Si/c1-15(2)10-6-7-12(14-9-10)11-5-3-4-8-13-11/h3-9H,1-2H3. The van der Waals surface area contributed by atoms with Gasteiger partial charge in [-0.05, 0) is 23.4 Å². The van der Waals surface area contributed by atoms with Crippen LogP contribution in [0.3, 0.4) is 0 Å². The lowest BCUT2D eigenvalue weighted by molar-refractivity contribution is 1.25. The summed E-state index contributed by atoms with van der Waals surface area (Å²) in [5.74, 6) is 0. The molecule has 2 aromatic rings. The van der Waals surface area contributed by atoms with E-state index in [-0.39, 0.29) is 0 Å². The quantitative estimate of drug-likeness (QED) is 0.714. The fourth-order valence-corrected chi connectivity index (χ4v) is 2.09. The van der Waals surface area contributed by atoms with Crippen LogP contribution in [0, 0.1) is 0 Å². The van der Waals surface area contributed by atoms with E-state index in [9.17, 15) is 0 Å². The Hall–Kier alpha value is -1.48. The highest BCUT2D eigenvalue weighted by molar-refractivity contribution is 6.70. The summed E-state index contributed by atoms with van der Waals surface area (Å²) in [6.45, 7) is 4.53. The Morgan fingerprint density at radius 2 is 1.73 bits per heavy atom. The van der Waals surface area contributed by atoms with Crippen LogP contribution < -0.4 is 5.19 Å². The molecule has 0 unspecified atom stereocenters. The summed E-state index contributed by atoms with van der Waals surface area (Å²) in [6.07, 6.45) is 3.76. The minimum absolute atomic E-state index is 0.393. The van der Waals surface area contributed by atoms with E-state index in [0.717, 1.165) is 11.4 Å². The van der Waals surface area contributed by atoms with Crippen LogP contribution in [0.5, 0.6) is 0 Å². The van der Waals surface area contributed by atoms with Gasteiger partial charge in [-0.15, -0.1) is 0 Å². The zero-order valence-electron chi connectivity index (χ0n) is 8.94. The summed E-state index contributed by atoms with van der Waals surface area (Å²) < 4.78 is 0. The molecule has 3 heteroatoms. The van der Waals surface area contributed by atoms with Gasteiger partial charge in [-0.3, -0.25) is 9.97 Å². The van der Waals surface area contributed by atoms with E-state index >= 15 is 0 Å². The average Bonchev–Trinajstić information content (AvgIpc) is 2.30. The van der Waals surface area contributed by atoms with E-state index in [0.29, 0.717) is 0 Å². The summed E-state index contributed by atoms with van der Waals surface area (Å²) >= 11 is 0. The number of hydrogen-bond acceptors (Lipinski definition) is 2. The highest BCUT2D eigenvalue weighted by Gasteiger charge is 2.03. The van der Waals surface area contributed by atoms with Crippen molar-refractivity contribution in [2.75, 3.05) is 0 Å². The van der Waals surface area contributed by atoms with Gasteiger partial charge in [0.05, 0.1) is 20.2 Å². The zero-order chi connectivity index (χ0) is 10.7. The van der Waals surface area contributed by atoms with Gasteiger partial charge in [0.25, 0.3) is 0 Å². The predicted octanol–water partition coefficient (Wildman–Crippen LogP) is 2.10. The number of rotatable bonds is 2. The number of pyridine rings is 2. The van der Waals surface area contributed by atoms with Crippen LogP contribution >= 0.6 is 0 Å². The predicted molar refractivity (Wildman–Crippen MR) is 64.6 cm³/mol. The smallest absolute Gasteiger partial charge is 0.0886 e. The van der Waals surface area contributed by atoms with Crippen LogP contribution in [-0.4, -0.2) is 18.8 Å². The van der Waals surface area contributed by atoms with Gasteiger partial charge < -0.3 is 0 Å². The third-order valence-electron chi connectivity index (χ3n) is 2.27. The first-order valence-electron chi connectivity index (χ1n) is 4.95. The lowest BCUT2D eigenvalue weighted by Gasteiger charge is -2.04. The van der Waals surface area contributed by atoms with Crippen molar-refractivity contribution in [3.8, 4) is 11.4 Å². The molecule has 2 aromatic heterocycles. The monoisotopic (exact) mass is 213 g/mol. The second kappa shape index (κ2) is 4.36. The molecule has 0 aromatic carbocycles. The van der Waals surface area contributed by atoms with Crippen LogP contribution in [0.25, 0.3) is 11.4 Å². The Labute approximate surface area is 91.6 Å². The van der Waals surface area contributed by atoms with Gasteiger partial charge in [0.1, 0.15) is 0 Å². The van der Waals surface area contributed by atoms with Crippen molar-refractivity contribution in [3.05, 3.63) is 42.7 Å². The van der Waals surface area contributed by atoms with E-state index in [2.05, 4.69) is 35.2 Å². The van der Waals surface area contributed by atoms with Gasteiger partial charge in [0.2, 0.25) is 0 Å². The molecule has 2 nitrogen and oxygen atoms in total. The molecule has 0 fully saturated rings. The van der Waals surface area contributed by atoms with Crippen molar-refractivity contribution in [1.29, 1.82) is 0 Å². The third-order valence-corrected chi connectivity index (χ3v) is 3.72. The Bertz CT molecular complexity index is 423. The first-order valence-corrected chi connectivity index (χ1v) is 7.45. The topological polar surface area (TPSA) is 25.8 Å². The number of hydrogen-bond donors (Lipinski definition) is 0. The molecule has 1 radical (unpaired) electrons. The lowest BCUT2D eigenvalue weighted by atomic mass is 10.2. The van der Waals surface area contributed by atoms with Crippen molar-refractivity contribution < 1.29 is 0 Å². The fraction of sp³-hybridized carbons (Fsp3) is 0.167. The van der Waals surface area contributed by atoms with Crippen LogP contribution in [0.1, 0.15) is 0 Å². The van der Waals surface area contributed by atoms with Crippen LogP contribution in [-0.2, 0) is 0 Å². The van der Waals surface area contributed by atoms with Crippen LogP contribution in [0.15, 0.2) is 42.7 Å². The summed E-state index contributed by atoms with van der Waals surface area (Å²) in [4.78, 5) is 8.70. The van der Waals surface area contributed by atoms with Gasteiger partial charge in [0, 0.05) is 12.4 Å². The fourth-order valence-electron chi connectivity index (χ4n) is 1.36. The summed E-state index contributed by atoms with van der Waals surface area (Å²) in [6, 6.07) is 10.1. The van der Waals surface area contributed by atoms with Crippen molar-refractivity contribution in [3.63, 3.8) is 0 Å². The largest absolute Gasteiger partial charge is 0.255 e. The summed E-state index contributed by atoms with van der Waals surface area (Å²) in [5, 5.41) is 1.36. The van der Waals surface area contributed by atoms with E-state index in [1.807, 2.05) is 24.4 Å². The number of nitrogens with zero attached hydrogens (tertiary/aromatic N) is 2. The molecule has 0 aliphatic heterocycles. The van der Waals surface area contributed by atoms with Crippen molar-refractivity contribution in [2.24, 2.45) is 0 Å². The molecule has 0 spiro atoms. The lowest BCUT2D eigenvalue weighted by Crippen LogP contribution is -2.22. The first kappa shape index (κ1) is 10.0.